The lowest BCUT2D eigenvalue weighted by Gasteiger charge is -2.14. The molecule has 0 saturated carbocycles. The molecule has 65 heavy (non-hydrogen) atoms. The minimum absolute atomic E-state index is 0.603. The molecule has 2 heterocycles. The van der Waals surface area contributed by atoms with Crippen LogP contribution in [0.25, 0.3) is 101 Å². The van der Waals surface area contributed by atoms with Crippen molar-refractivity contribution in [3.8, 4) is 78.9 Å². The molecule has 0 radical (unpaired) electrons. The quantitative estimate of drug-likeness (QED) is 0.121. The highest BCUT2D eigenvalue weighted by Gasteiger charge is 2.16. The van der Waals surface area contributed by atoms with E-state index < -0.39 is 0 Å². The average Bonchev–Trinajstić information content (AvgIpc) is 3.39. The number of hydrogen-bond acceptors (Lipinski definition) is 5. The Labute approximate surface area is 379 Å². The largest absolute Gasteiger partial charge is 0.228 e. The molecule has 0 amide bonds. The number of rotatable bonds is 11. The molecule has 0 aliphatic carbocycles. The maximum absolute atomic E-state index is 5.09. The van der Waals surface area contributed by atoms with Crippen molar-refractivity contribution >= 4 is 21.9 Å². The maximum Gasteiger partial charge on any atom is 0.164 e. The average molecular weight is 834 g/mol. The van der Waals surface area contributed by atoms with Crippen LogP contribution in [0.15, 0.2) is 237 Å². The summed E-state index contributed by atoms with van der Waals surface area (Å²) in [4.78, 5) is 25.2. The lowest BCUT2D eigenvalue weighted by atomic mass is 9.90. The zero-order valence-corrected chi connectivity index (χ0v) is 35.9. The van der Waals surface area contributed by atoms with Crippen LogP contribution in [0, 0.1) is 0 Å². The highest BCUT2D eigenvalue weighted by Crippen LogP contribution is 2.39. The van der Waals surface area contributed by atoms with E-state index in [9.17, 15) is 0 Å². The molecular weight excluding hydrogens is 791 g/mol. The van der Waals surface area contributed by atoms with Crippen molar-refractivity contribution < 1.29 is 0 Å². The first-order valence-electron chi connectivity index (χ1n) is 21.7. The Kier molecular flexibility index (Phi) is 11.4. The molecule has 0 fully saturated rings. The zero-order chi connectivity index (χ0) is 44.0. The van der Waals surface area contributed by atoms with Gasteiger partial charge in [0.25, 0.3) is 0 Å². The van der Waals surface area contributed by atoms with E-state index in [4.69, 9.17) is 24.9 Å². The summed E-state index contributed by atoms with van der Waals surface area (Å²) in [5, 5.41) is 2.32. The van der Waals surface area contributed by atoms with Crippen LogP contribution in [0.4, 0.5) is 0 Å². The van der Waals surface area contributed by atoms with Gasteiger partial charge in [-0.15, -0.1) is 0 Å². The van der Waals surface area contributed by atoms with Crippen LogP contribution < -0.4 is 0 Å². The van der Waals surface area contributed by atoms with Crippen molar-refractivity contribution in [3.63, 3.8) is 0 Å². The van der Waals surface area contributed by atoms with Crippen molar-refractivity contribution in [3.05, 3.63) is 249 Å². The number of allylic oxidation sites excluding steroid dienone is 5. The third-order valence-electron chi connectivity index (χ3n) is 11.5. The van der Waals surface area contributed by atoms with Crippen molar-refractivity contribution in [1.29, 1.82) is 0 Å². The molecule has 0 saturated heterocycles. The molecule has 0 spiro atoms. The highest BCUT2D eigenvalue weighted by atomic mass is 15.0. The Balaban J connectivity index is 1.03. The topological polar surface area (TPSA) is 64.5 Å². The molecule has 0 aliphatic heterocycles. The van der Waals surface area contributed by atoms with Gasteiger partial charge in [-0.1, -0.05) is 225 Å². The summed E-state index contributed by atoms with van der Waals surface area (Å²) < 4.78 is 0. The van der Waals surface area contributed by atoms with Gasteiger partial charge in [0.05, 0.1) is 11.4 Å². The maximum atomic E-state index is 5.09. The lowest BCUT2D eigenvalue weighted by molar-refractivity contribution is 1.03. The van der Waals surface area contributed by atoms with Crippen LogP contribution in [0.5, 0.6) is 0 Å². The van der Waals surface area contributed by atoms with E-state index in [0.29, 0.717) is 23.3 Å². The van der Waals surface area contributed by atoms with E-state index in [1.54, 1.807) is 0 Å². The van der Waals surface area contributed by atoms with Crippen LogP contribution in [-0.2, 0) is 0 Å². The van der Waals surface area contributed by atoms with E-state index in [1.807, 2.05) is 97.9 Å². The third kappa shape index (κ3) is 8.72. The Morgan fingerprint density at radius 3 is 1.45 bits per heavy atom. The fraction of sp³-hybridized carbons (Fsp3) is 0.0167. The van der Waals surface area contributed by atoms with Gasteiger partial charge in [-0.05, 0) is 68.8 Å². The normalized spacial score (nSPS) is 11.7. The minimum atomic E-state index is 0.603. The van der Waals surface area contributed by atoms with Gasteiger partial charge in [0.15, 0.2) is 23.3 Å². The van der Waals surface area contributed by atoms with Gasteiger partial charge in [0.1, 0.15) is 0 Å². The first-order valence-corrected chi connectivity index (χ1v) is 21.7. The predicted molar refractivity (Wildman–Crippen MR) is 269 cm³/mol. The molecule has 0 aliphatic rings. The Morgan fingerprint density at radius 1 is 0.385 bits per heavy atom. The van der Waals surface area contributed by atoms with E-state index in [2.05, 4.69) is 146 Å². The minimum Gasteiger partial charge on any atom is -0.228 e. The fourth-order valence-corrected chi connectivity index (χ4v) is 8.14. The molecule has 10 aromatic rings. The fourth-order valence-electron chi connectivity index (χ4n) is 8.14. The predicted octanol–water partition coefficient (Wildman–Crippen LogP) is 15.2. The van der Waals surface area contributed by atoms with Crippen LogP contribution in [-0.4, -0.2) is 24.9 Å². The molecule has 5 heteroatoms. The van der Waals surface area contributed by atoms with Crippen molar-refractivity contribution in [2.45, 2.75) is 6.92 Å². The van der Waals surface area contributed by atoms with Gasteiger partial charge in [0.2, 0.25) is 0 Å². The van der Waals surface area contributed by atoms with Gasteiger partial charge >= 0.3 is 0 Å². The van der Waals surface area contributed by atoms with Crippen molar-refractivity contribution in [2.75, 3.05) is 0 Å². The van der Waals surface area contributed by atoms with Gasteiger partial charge in [-0.2, -0.15) is 0 Å². The number of fused-ring (bicyclic) bond motifs is 1. The van der Waals surface area contributed by atoms with Crippen LogP contribution >= 0.6 is 0 Å². The second-order valence-corrected chi connectivity index (χ2v) is 15.8. The molecule has 0 atom stereocenters. The van der Waals surface area contributed by atoms with Gasteiger partial charge < -0.3 is 0 Å². The van der Waals surface area contributed by atoms with E-state index in [1.165, 1.54) is 5.39 Å². The number of aromatic nitrogens is 5. The summed E-state index contributed by atoms with van der Waals surface area (Å²) in [6, 6.07) is 73.1. The van der Waals surface area contributed by atoms with E-state index in [-0.39, 0.29) is 0 Å². The molecular formula is C60H43N5. The molecule has 0 N–H and O–H groups in total. The molecule has 0 unspecified atom stereocenters. The molecule has 308 valence electrons. The summed E-state index contributed by atoms with van der Waals surface area (Å²) in [6.07, 6.45) is 5.99. The van der Waals surface area contributed by atoms with Crippen LogP contribution in [0.2, 0.25) is 0 Å². The molecule has 0 bridgehead atoms. The third-order valence-corrected chi connectivity index (χ3v) is 11.5. The van der Waals surface area contributed by atoms with E-state index >= 15 is 0 Å². The summed E-state index contributed by atoms with van der Waals surface area (Å²) >= 11 is 0. The second kappa shape index (κ2) is 18.4. The van der Waals surface area contributed by atoms with Crippen LogP contribution in [0.3, 0.4) is 0 Å². The molecule has 8 aromatic carbocycles. The number of benzene rings is 8. The lowest BCUT2D eigenvalue weighted by Crippen LogP contribution is -2.02. The second-order valence-electron chi connectivity index (χ2n) is 15.8. The molecule has 5 nitrogen and oxygen atoms in total. The summed E-state index contributed by atoms with van der Waals surface area (Å²) in [5.41, 5.74) is 14.1. The number of nitrogens with zero attached hydrogens (tertiary/aromatic N) is 5. The summed E-state index contributed by atoms with van der Waals surface area (Å²) in [7, 11) is 0. The standard InChI is InChI=1S/C60H43N5/c1-3-42(43-19-8-4-9-20-43)34-33-41(2)57-63-59(49-25-14-7-15-26-49)65-60(64-57)51-30-16-29-50(39-51)53-32-18-28-47-27-17-31-52(56(47)53)44-35-37-46(38-36-44)55-40-54(45-21-10-5-11-22-45)61-58(62-55)48-23-12-6-13-24-48/h3-40H,1H2,2H3/b41-33+,42-34+. The van der Waals surface area contributed by atoms with Gasteiger partial charge in [0, 0.05) is 27.8 Å². The Hall–Kier alpha value is -8.67. The molecule has 2 aromatic heterocycles. The number of hydrogen-bond donors (Lipinski definition) is 0. The van der Waals surface area contributed by atoms with Crippen molar-refractivity contribution in [1.82, 2.24) is 24.9 Å². The smallest absolute Gasteiger partial charge is 0.164 e. The highest BCUT2D eigenvalue weighted by molar-refractivity contribution is 6.06. The summed E-state index contributed by atoms with van der Waals surface area (Å²) in [6.45, 7) is 6.10. The van der Waals surface area contributed by atoms with E-state index in [0.717, 1.165) is 83.6 Å². The Bertz CT molecular complexity index is 3300. The summed E-state index contributed by atoms with van der Waals surface area (Å²) in [5.74, 6) is 2.52. The first-order chi connectivity index (χ1) is 32.1. The van der Waals surface area contributed by atoms with Crippen molar-refractivity contribution in [2.24, 2.45) is 0 Å². The molecule has 10 rings (SSSR count). The monoisotopic (exact) mass is 833 g/mol. The zero-order valence-electron chi connectivity index (χ0n) is 35.9. The SMILES string of the molecule is C=C/C(=C\C=C(/C)c1nc(-c2ccccc2)nc(-c2cccc(-c3cccc4cccc(-c5ccc(-c6cc(-c7ccccc7)nc(-c7ccccc7)n6)cc5)c34)c2)n1)c1ccccc1. The van der Waals surface area contributed by atoms with Crippen LogP contribution in [0.1, 0.15) is 18.3 Å². The van der Waals surface area contributed by atoms with Gasteiger partial charge in [-0.25, -0.2) is 24.9 Å². The first kappa shape index (κ1) is 40.4. The Morgan fingerprint density at radius 2 is 0.846 bits per heavy atom. The van der Waals surface area contributed by atoms with Gasteiger partial charge in [-0.3, -0.25) is 0 Å².